The summed E-state index contributed by atoms with van der Waals surface area (Å²) in [5.41, 5.74) is 2.43. The number of hydrogen-bond donors (Lipinski definition) is 1. The van der Waals surface area contributed by atoms with E-state index in [0.29, 0.717) is 6.04 Å². The second-order valence-electron chi connectivity index (χ2n) is 5.31. The maximum Gasteiger partial charge on any atom is 0.132 e. The summed E-state index contributed by atoms with van der Waals surface area (Å²) in [5.74, 6) is 1.01. The van der Waals surface area contributed by atoms with E-state index in [0.717, 1.165) is 12.4 Å². The average Bonchev–Trinajstić information content (AvgIpc) is 3.25. The Hall–Kier alpha value is -2.36. The van der Waals surface area contributed by atoms with Crippen LogP contribution in [0.25, 0.3) is 10.9 Å². The molecule has 2 heterocycles. The molecule has 0 saturated heterocycles. The third kappa shape index (κ3) is 2.13. The maximum atomic E-state index is 4.39. The fraction of sp³-hybridized carbons (Fsp3) is 0.250. The lowest BCUT2D eigenvalue weighted by molar-refractivity contribution is 0.764. The minimum atomic E-state index is 0.622. The molecule has 1 aromatic carbocycles. The number of benzene rings is 1. The van der Waals surface area contributed by atoms with Crippen LogP contribution in [0.4, 0.5) is 5.82 Å². The van der Waals surface area contributed by atoms with Gasteiger partial charge < -0.3 is 9.88 Å². The van der Waals surface area contributed by atoms with E-state index >= 15 is 0 Å². The molecule has 3 aromatic rings. The Kier molecular flexibility index (Phi) is 2.66. The Balaban J connectivity index is 1.65. The lowest BCUT2D eigenvalue weighted by atomic mass is 10.2. The van der Waals surface area contributed by atoms with Gasteiger partial charge in [-0.15, -0.1) is 0 Å². The zero-order valence-corrected chi connectivity index (χ0v) is 11.2. The first-order chi connectivity index (χ1) is 9.90. The van der Waals surface area contributed by atoms with Crippen LogP contribution in [0.2, 0.25) is 0 Å². The molecule has 1 saturated carbocycles. The highest BCUT2D eigenvalue weighted by molar-refractivity contribution is 5.80. The van der Waals surface area contributed by atoms with Gasteiger partial charge in [-0.05, 0) is 36.4 Å². The van der Waals surface area contributed by atoms with E-state index in [2.05, 4.69) is 50.2 Å². The molecule has 4 heteroatoms. The number of H-pyrrole nitrogens is 1. The van der Waals surface area contributed by atoms with E-state index in [9.17, 15) is 0 Å². The molecule has 4 rings (SSSR count). The van der Waals surface area contributed by atoms with E-state index in [1.807, 2.05) is 12.3 Å². The Labute approximate surface area is 117 Å². The van der Waals surface area contributed by atoms with E-state index in [-0.39, 0.29) is 0 Å². The van der Waals surface area contributed by atoms with Crippen LogP contribution in [0.3, 0.4) is 0 Å². The van der Waals surface area contributed by atoms with Gasteiger partial charge in [0.25, 0.3) is 0 Å². The standard InChI is InChI=1S/C16H16N4/c1-2-4-15-12(3-1)9-13(19-15)10-20(14-5-6-14)16-7-8-17-11-18-16/h1-4,7-9,11,14,19H,5-6,10H2. The molecule has 1 fully saturated rings. The van der Waals surface area contributed by atoms with Gasteiger partial charge in [-0.2, -0.15) is 0 Å². The molecule has 0 unspecified atom stereocenters. The summed E-state index contributed by atoms with van der Waals surface area (Å²) < 4.78 is 0. The van der Waals surface area contributed by atoms with Crippen LogP contribution >= 0.6 is 0 Å². The predicted molar refractivity (Wildman–Crippen MR) is 79.5 cm³/mol. The summed E-state index contributed by atoms with van der Waals surface area (Å²) in [6.45, 7) is 0.871. The monoisotopic (exact) mass is 264 g/mol. The molecule has 100 valence electrons. The fourth-order valence-electron chi connectivity index (χ4n) is 2.64. The van der Waals surface area contributed by atoms with Crippen molar-refractivity contribution in [3.05, 3.63) is 54.6 Å². The van der Waals surface area contributed by atoms with Crippen LogP contribution < -0.4 is 4.90 Å². The zero-order chi connectivity index (χ0) is 13.4. The number of para-hydroxylation sites is 1. The van der Waals surface area contributed by atoms with Gasteiger partial charge in [-0.25, -0.2) is 9.97 Å². The molecule has 20 heavy (non-hydrogen) atoms. The fourth-order valence-corrected chi connectivity index (χ4v) is 2.64. The molecule has 1 N–H and O–H groups in total. The van der Waals surface area contributed by atoms with Crippen LogP contribution in [-0.2, 0) is 6.54 Å². The summed E-state index contributed by atoms with van der Waals surface area (Å²) in [6, 6.07) is 13.2. The number of rotatable bonds is 4. The molecule has 0 radical (unpaired) electrons. The van der Waals surface area contributed by atoms with Gasteiger partial charge in [-0.1, -0.05) is 18.2 Å². The minimum Gasteiger partial charge on any atom is -0.357 e. The Morgan fingerprint density at radius 3 is 2.85 bits per heavy atom. The normalized spacial score (nSPS) is 14.6. The summed E-state index contributed by atoms with van der Waals surface area (Å²) in [4.78, 5) is 14.3. The van der Waals surface area contributed by atoms with Crippen molar-refractivity contribution in [2.24, 2.45) is 0 Å². The van der Waals surface area contributed by atoms with Crippen molar-refractivity contribution in [1.29, 1.82) is 0 Å². The predicted octanol–water partition coefficient (Wildman–Crippen LogP) is 3.13. The number of hydrogen-bond acceptors (Lipinski definition) is 3. The average molecular weight is 264 g/mol. The van der Waals surface area contributed by atoms with Gasteiger partial charge >= 0.3 is 0 Å². The van der Waals surface area contributed by atoms with Crippen LogP contribution in [0, 0.1) is 0 Å². The first-order valence-electron chi connectivity index (χ1n) is 6.99. The minimum absolute atomic E-state index is 0.622. The molecule has 0 amide bonds. The van der Waals surface area contributed by atoms with Gasteiger partial charge in [0.1, 0.15) is 12.1 Å². The van der Waals surface area contributed by atoms with Crippen LogP contribution in [0.5, 0.6) is 0 Å². The lowest BCUT2D eigenvalue weighted by Crippen LogP contribution is -2.26. The lowest BCUT2D eigenvalue weighted by Gasteiger charge is -2.22. The van der Waals surface area contributed by atoms with E-state index in [1.165, 1.54) is 29.4 Å². The number of anilines is 1. The zero-order valence-electron chi connectivity index (χ0n) is 11.2. The van der Waals surface area contributed by atoms with Crippen molar-refractivity contribution >= 4 is 16.7 Å². The molecule has 0 atom stereocenters. The van der Waals surface area contributed by atoms with Gasteiger partial charge in [0, 0.05) is 23.4 Å². The Morgan fingerprint density at radius 2 is 2.10 bits per heavy atom. The van der Waals surface area contributed by atoms with E-state index < -0.39 is 0 Å². The quantitative estimate of drug-likeness (QED) is 0.787. The molecule has 0 aliphatic heterocycles. The smallest absolute Gasteiger partial charge is 0.132 e. The van der Waals surface area contributed by atoms with Crippen molar-refractivity contribution in [2.75, 3.05) is 4.90 Å². The Morgan fingerprint density at radius 1 is 1.20 bits per heavy atom. The number of fused-ring (bicyclic) bond motifs is 1. The summed E-state index contributed by atoms with van der Waals surface area (Å²) in [6.07, 6.45) is 5.94. The highest BCUT2D eigenvalue weighted by Crippen LogP contribution is 2.32. The third-order valence-corrected chi connectivity index (χ3v) is 3.77. The van der Waals surface area contributed by atoms with E-state index in [1.54, 1.807) is 6.33 Å². The highest BCUT2D eigenvalue weighted by atomic mass is 15.2. The maximum absolute atomic E-state index is 4.39. The molecule has 1 aliphatic carbocycles. The van der Waals surface area contributed by atoms with Crippen molar-refractivity contribution in [1.82, 2.24) is 15.0 Å². The topological polar surface area (TPSA) is 44.8 Å². The number of aromatic nitrogens is 3. The van der Waals surface area contributed by atoms with Gasteiger partial charge in [-0.3, -0.25) is 0 Å². The largest absolute Gasteiger partial charge is 0.357 e. The molecule has 1 aliphatic rings. The van der Waals surface area contributed by atoms with Crippen molar-refractivity contribution < 1.29 is 0 Å². The third-order valence-electron chi connectivity index (χ3n) is 3.77. The van der Waals surface area contributed by atoms with Crippen molar-refractivity contribution in [3.63, 3.8) is 0 Å². The SMILES string of the molecule is c1ccc2[nH]c(CN(c3ccncn3)C3CC3)cc2c1. The molecular weight excluding hydrogens is 248 g/mol. The Bertz CT molecular complexity index is 682. The van der Waals surface area contributed by atoms with Gasteiger partial charge in [0.15, 0.2) is 0 Å². The second-order valence-corrected chi connectivity index (χ2v) is 5.31. The molecule has 0 spiro atoms. The van der Waals surface area contributed by atoms with Crippen molar-refractivity contribution in [2.45, 2.75) is 25.4 Å². The second kappa shape index (κ2) is 4.63. The van der Waals surface area contributed by atoms with Crippen molar-refractivity contribution in [3.8, 4) is 0 Å². The van der Waals surface area contributed by atoms with Gasteiger partial charge in [0.2, 0.25) is 0 Å². The van der Waals surface area contributed by atoms with Crippen LogP contribution in [0.15, 0.2) is 48.9 Å². The van der Waals surface area contributed by atoms with Crippen LogP contribution in [0.1, 0.15) is 18.5 Å². The number of nitrogens with one attached hydrogen (secondary N) is 1. The molecule has 4 nitrogen and oxygen atoms in total. The highest BCUT2D eigenvalue weighted by Gasteiger charge is 2.30. The van der Waals surface area contributed by atoms with Gasteiger partial charge in [0.05, 0.1) is 6.54 Å². The first kappa shape index (κ1) is 11.5. The molecular formula is C16H16N4. The van der Waals surface area contributed by atoms with Crippen LogP contribution in [-0.4, -0.2) is 21.0 Å². The summed E-state index contributed by atoms with van der Waals surface area (Å²) >= 11 is 0. The number of nitrogens with zero attached hydrogens (tertiary/aromatic N) is 3. The summed E-state index contributed by atoms with van der Waals surface area (Å²) in [5, 5.41) is 1.26. The molecule has 2 aromatic heterocycles. The summed E-state index contributed by atoms with van der Waals surface area (Å²) in [7, 11) is 0. The molecule has 0 bridgehead atoms. The number of aromatic amines is 1. The van der Waals surface area contributed by atoms with E-state index in [4.69, 9.17) is 0 Å². The first-order valence-corrected chi connectivity index (χ1v) is 6.99.